The van der Waals surface area contributed by atoms with E-state index in [2.05, 4.69) is 0 Å². The van der Waals surface area contributed by atoms with Gasteiger partial charge in [0.05, 0.1) is 24.8 Å². The maximum atomic E-state index is 12.3. The average molecular weight is 343 g/mol. The second-order valence-corrected chi connectivity index (χ2v) is 6.62. The first-order valence-corrected chi connectivity index (χ1v) is 8.24. The van der Waals surface area contributed by atoms with Gasteiger partial charge in [-0.05, 0) is 30.9 Å². The van der Waals surface area contributed by atoms with Crippen LogP contribution in [0.3, 0.4) is 0 Å². The van der Waals surface area contributed by atoms with Gasteiger partial charge in [-0.2, -0.15) is 0 Å². The molecular weight excluding hydrogens is 326 g/mol. The number of amides is 2. The number of benzene rings is 1. The highest BCUT2D eigenvalue weighted by molar-refractivity contribution is 6.21. The highest BCUT2D eigenvalue weighted by Gasteiger charge is 2.79. The van der Waals surface area contributed by atoms with E-state index >= 15 is 0 Å². The number of fused-ring (bicyclic) bond motifs is 2. The Kier molecular flexibility index (Phi) is 3.42. The second kappa shape index (κ2) is 5.40. The molecular formula is C18H17NO6. The Morgan fingerprint density at radius 3 is 2.48 bits per heavy atom. The largest absolute Gasteiger partial charge is 0.468 e. The van der Waals surface area contributed by atoms with Gasteiger partial charge >= 0.3 is 11.9 Å². The first-order valence-electron chi connectivity index (χ1n) is 8.24. The number of carbonyl (C=O) groups is 4. The molecule has 1 aliphatic carbocycles. The molecule has 2 fully saturated rings. The lowest BCUT2D eigenvalue weighted by molar-refractivity contribution is -0.159. The fraction of sp³-hybridized carbons (Fsp3) is 0.444. The summed E-state index contributed by atoms with van der Waals surface area (Å²) in [6.07, 6.45) is 1.08. The van der Waals surface area contributed by atoms with Gasteiger partial charge < -0.3 is 9.47 Å². The number of methoxy groups -OCH3 is 1. The number of rotatable bonds is 5. The fourth-order valence-electron chi connectivity index (χ4n) is 4.27. The summed E-state index contributed by atoms with van der Waals surface area (Å²) in [5, 5.41) is 0. The van der Waals surface area contributed by atoms with E-state index < -0.39 is 17.4 Å². The maximum absolute atomic E-state index is 12.3. The van der Waals surface area contributed by atoms with Crippen LogP contribution in [0.1, 0.15) is 33.6 Å². The highest BCUT2D eigenvalue weighted by atomic mass is 16.6. The summed E-state index contributed by atoms with van der Waals surface area (Å²) in [5.41, 5.74) is -0.327. The topological polar surface area (TPSA) is 90.0 Å². The molecule has 0 spiro atoms. The summed E-state index contributed by atoms with van der Waals surface area (Å²) in [5.74, 6) is -1.95. The summed E-state index contributed by atoms with van der Waals surface area (Å²) in [7, 11) is 1.26. The molecule has 1 aromatic carbocycles. The standard InChI is InChI=1S/C18H17NO6/c1-24-16(22)18-12(13(18)9-25-17(18)23)7-4-8-19-14(20)10-5-2-3-6-11(10)15(19)21/h2-3,5-6,12-13H,4,7-9H2,1H3/t12-,13-,18+/m1/s1. The van der Waals surface area contributed by atoms with Gasteiger partial charge in [0.1, 0.15) is 0 Å². The molecule has 0 unspecified atom stereocenters. The Bertz CT molecular complexity index is 768. The minimum atomic E-state index is -1.17. The minimum absolute atomic E-state index is 0.142. The van der Waals surface area contributed by atoms with Gasteiger partial charge in [0, 0.05) is 12.5 Å². The molecule has 2 aliphatic heterocycles. The molecule has 0 radical (unpaired) electrons. The van der Waals surface area contributed by atoms with Gasteiger partial charge in [0.2, 0.25) is 0 Å². The van der Waals surface area contributed by atoms with E-state index in [4.69, 9.17) is 9.47 Å². The van der Waals surface area contributed by atoms with Gasteiger partial charge in [-0.15, -0.1) is 0 Å². The molecule has 0 aromatic heterocycles. The molecule has 7 heteroatoms. The molecule has 1 saturated carbocycles. The van der Waals surface area contributed by atoms with Gasteiger partial charge in [-0.1, -0.05) is 12.1 Å². The SMILES string of the molecule is COC(=O)[C@@]12C(=O)OC[C@@H]1[C@H]2CCCN1C(=O)c2ccccc2C1=O. The Morgan fingerprint density at radius 1 is 1.24 bits per heavy atom. The normalized spacial score (nSPS) is 29.3. The van der Waals surface area contributed by atoms with Crippen molar-refractivity contribution < 1.29 is 28.7 Å². The second-order valence-electron chi connectivity index (χ2n) is 6.62. The number of nitrogens with zero attached hydrogens (tertiary/aromatic N) is 1. The first kappa shape index (κ1) is 15.8. The van der Waals surface area contributed by atoms with Crippen LogP contribution in [-0.2, 0) is 19.1 Å². The van der Waals surface area contributed by atoms with Gasteiger partial charge in [-0.3, -0.25) is 24.1 Å². The van der Waals surface area contributed by atoms with Crippen LogP contribution >= 0.6 is 0 Å². The van der Waals surface area contributed by atoms with Gasteiger partial charge in [0.25, 0.3) is 11.8 Å². The molecule has 7 nitrogen and oxygen atoms in total. The van der Waals surface area contributed by atoms with Crippen LogP contribution in [0.25, 0.3) is 0 Å². The lowest BCUT2D eigenvalue weighted by Crippen LogP contribution is -2.31. The maximum Gasteiger partial charge on any atom is 0.324 e. The summed E-state index contributed by atoms with van der Waals surface area (Å²) < 4.78 is 9.75. The summed E-state index contributed by atoms with van der Waals surface area (Å²) in [4.78, 5) is 49.9. The molecule has 1 aromatic rings. The van der Waals surface area contributed by atoms with Gasteiger partial charge in [0.15, 0.2) is 5.41 Å². The van der Waals surface area contributed by atoms with E-state index in [1.807, 2.05) is 0 Å². The lowest BCUT2D eigenvalue weighted by Gasteiger charge is -2.15. The monoisotopic (exact) mass is 343 g/mol. The Hall–Kier alpha value is -2.70. The summed E-state index contributed by atoms with van der Waals surface area (Å²) in [6.45, 7) is 0.494. The summed E-state index contributed by atoms with van der Waals surface area (Å²) >= 11 is 0. The number of carbonyl (C=O) groups excluding carboxylic acids is 4. The molecule has 2 heterocycles. The quantitative estimate of drug-likeness (QED) is 0.450. The average Bonchev–Trinajstić information content (AvgIpc) is 3.05. The Morgan fingerprint density at radius 2 is 1.88 bits per heavy atom. The van der Waals surface area contributed by atoms with Crippen molar-refractivity contribution in [2.75, 3.05) is 20.3 Å². The number of ether oxygens (including phenoxy) is 2. The van der Waals surface area contributed by atoms with Crippen LogP contribution < -0.4 is 0 Å². The zero-order valence-corrected chi connectivity index (χ0v) is 13.7. The van der Waals surface area contributed by atoms with Crippen molar-refractivity contribution >= 4 is 23.8 Å². The van der Waals surface area contributed by atoms with E-state index in [0.717, 1.165) is 0 Å². The van der Waals surface area contributed by atoms with Crippen molar-refractivity contribution in [1.29, 1.82) is 0 Å². The number of hydrogen-bond donors (Lipinski definition) is 0. The van der Waals surface area contributed by atoms with Crippen molar-refractivity contribution in [3.63, 3.8) is 0 Å². The van der Waals surface area contributed by atoms with Crippen molar-refractivity contribution in [1.82, 2.24) is 4.90 Å². The van der Waals surface area contributed by atoms with Crippen molar-refractivity contribution in [2.45, 2.75) is 12.8 Å². The number of hydrogen-bond acceptors (Lipinski definition) is 6. The van der Waals surface area contributed by atoms with E-state index in [-0.39, 0.29) is 36.8 Å². The minimum Gasteiger partial charge on any atom is -0.468 e. The molecule has 3 aliphatic rings. The fourth-order valence-corrected chi connectivity index (χ4v) is 4.27. The Balaban J connectivity index is 1.40. The third-order valence-corrected chi connectivity index (χ3v) is 5.58. The molecule has 2 amide bonds. The first-order chi connectivity index (χ1) is 12.0. The van der Waals surface area contributed by atoms with Crippen molar-refractivity contribution in [3.8, 4) is 0 Å². The van der Waals surface area contributed by atoms with Gasteiger partial charge in [-0.25, -0.2) is 0 Å². The van der Waals surface area contributed by atoms with E-state index in [1.165, 1.54) is 12.0 Å². The number of cyclic esters (lactones) is 1. The molecule has 25 heavy (non-hydrogen) atoms. The van der Waals surface area contributed by atoms with Crippen LogP contribution in [0.4, 0.5) is 0 Å². The number of imide groups is 1. The van der Waals surface area contributed by atoms with Crippen LogP contribution in [-0.4, -0.2) is 48.9 Å². The van der Waals surface area contributed by atoms with Crippen molar-refractivity contribution in [3.05, 3.63) is 35.4 Å². The zero-order chi connectivity index (χ0) is 17.8. The van der Waals surface area contributed by atoms with Crippen LogP contribution in [0, 0.1) is 17.3 Å². The predicted octanol–water partition coefficient (Wildman–Crippen LogP) is 1.02. The van der Waals surface area contributed by atoms with Crippen LogP contribution in [0.15, 0.2) is 24.3 Å². The Labute approximate surface area is 143 Å². The van der Waals surface area contributed by atoms with E-state index in [9.17, 15) is 19.2 Å². The third kappa shape index (κ3) is 1.98. The predicted molar refractivity (Wildman–Crippen MR) is 83.4 cm³/mol. The molecule has 1 saturated heterocycles. The molecule has 4 rings (SSSR count). The zero-order valence-electron chi connectivity index (χ0n) is 13.7. The molecule has 0 bridgehead atoms. The van der Waals surface area contributed by atoms with Crippen molar-refractivity contribution in [2.24, 2.45) is 17.3 Å². The van der Waals surface area contributed by atoms with E-state index in [1.54, 1.807) is 24.3 Å². The van der Waals surface area contributed by atoms with E-state index in [0.29, 0.717) is 24.0 Å². The number of esters is 2. The lowest BCUT2D eigenvalue weighted by atomic mass is 10.0. The molecule has 0 N–H and O–H groups in total. The molecule has 130 valence electrons. The highest BCUT2D eigenvalue weighted by Crippen LogP contribution is 2.65. The summed E-state index contributed by atoms with van der Waals surface area (Å²) in [6, 6.07) is 6.74. The third-order valence-electron chi connectivity index (χ3n) is 5.58. The molecule has 3 atom stereocenters. The smallest absolute Gasteiger partial charge is 0.324 e. The van der Waals surface area contributed by atoms with Crippen LogP contribution in [0.2, 0.25) is 0 Å². The van der Waals surface area contributed by atoms with Crippen LogP contribution in [0.5, 0.6) is 0 Å².